The minimum absolute atomic E-state index is 0.113. The van der Waals surface area contributed by atoms with Crippen molar-refractivity contribution in [3.8, 4) is 0 Å². The summed E-state index contributed by atoms with van der Waals surface area (Å²) in [7, 11) is 0. The van der Waals surface area contributed by atoms with Crippen LogP contribution in [0.3, 0.4) is 0 Å². The summed E-state index contributed by atoms with van der Waals surface area (Å²) in [5.74, 6) is 0.276. The van der Waals surface area contributed by atoms with Crippen LogP contribution in [0.5, 0.6) is 0 Å². The number of amides is 1. The summed E-state index contributed by atoms with van der Waals surface area (Å²) in [5, 5.41) is 3.11. The highest BCUT2D eigenvalue weighted by atomic mass is 16.1. The molecule has 28 heavy (non-hydrogen) atoms. The number of benzene rings is 2. The standard InChI is InChI=1S/C24H33N3O/c1-3-26(4-2)18-21-10-12-23(13-11-21)25-24(28)22-14-16-27(17-15-22)19-20-8-6-5-7-9-20/h5-13,22H,3-4,14-19H2,1-2H3,(H,25,28). The second-order valence-corrected chi connectivity index (χ2v) is 7.68. The second-order valence-electron chi connectivity index (χ2n) is 7.68. The molecule has 0 spiro atoms. The van der Waals surface area contributed by atoms with Gasteiger partial charge in [-0.3, -0.25) is 14.6 Å². The third-order valence-electron chi connectivity index (χ3n) is 5.73. The summed E-state index contributed by atoms with van der Waals surface area (Å²) in [6.07, 6.45) is 1.86. The molecule has 1 aliphatic heterocycles. The van der Waals surface area contributed by atoms with Crippen molar-refractivity contribution in [2.24, 2.45) is 5.92 Å². The van der Waals surface area contributed by atoms with E-state index in [2.05, 4.69) is 71.4 Å². The Kier molecular flexibility index (Phi) is 7.63. The molecule has 1 saturated heterocycles. The number of anilines is 1. The van der Waals surface area contributed by atoms with Gasteiger partial charge in [-0.05, 0) is 62.3 Å². The van der Waals surface area contributed by atoms with Gasteiger partial charge < -0.3 is 5.32 Å². The highest BCUT2D eigenvalue weighted by Gasteiger charge is 2.25. The summed E-state index contributed by atoms with van der Waals surface area (Å²) >= 11 is 0. The van der Waals surface area contributed by atoms with Crippen molar-refractivity contribution in [3.63, 3.8) is 0 Å². The lowest BCUT2D eigenvalue weighted by Gasteiger charge is -2.31. The first-order chi connectivity index (χ1) is 13.7. The molecule has 3 rings (SSSR count). The van der Waals surface area contributed by atoms with Gasteiger partial charge >= 0.3 is 0 Å². The first-order valence-electron chi connectivity index (χ1n) is 10.6. The monoisotopic (exact) mass is 379 g/mol. The maximum absolute atomic E-state index is 12.6. The molecule has 150 valence electrons. The van der Waals surface area contributed by atoms with Gasteiger partial charge in [0.15, 0.2) is 0 Å². The summed E-state index contributed by atoms with van der Waals surface area (Å²) in [4.78, 5) is 17.5. The SMILES string of the molecule is CCN(CC)Cc1ccc(NC(=O)C2CCN(Cc3ccccc3)CC2)cc1. The van der Waals surface area contributed by atoms with E-state index in [-0.39, 0.29) is 11.8 Å². The number of carbonyl (C=O) groups excluding carboxylic acids is 1. The fourth-order valence-corrected chi connectivity index (χ4v) is 3.84. The average molecular weight is 380 g/mol. The Morgan fingerprint density at radius 3 is 2.21 bits per heavy atom. The lowest BCUT2D eigenvalue weighted by atomic mass is 9.95. The largest absolute Gasteiger partial charge is 0.326 e. The van der Waals surface area contributed by atoms with Gasteiger partial charge in [-0.15, -0.1) is 0 Å². The number of nitrogens with zero attached hydrogens (tertiary/aromatic N) is 2. The van der Waals surface area contributed by atoms with E-state index < -0.39 is 0 Å². The molecule has 0 saturated carbocycles. The number of carbonyl (C=O) groups is 1. The Bertz CT molecular complexity index is 717. The summed E-state index contributed by atoms with van der Waals surface area (Å²) < 4.78 is 0. The van der Waals surface area contributed by atoms with Crippen LogP contribution in [0, 0.1) is 5.92 Å². The third-order valence-corrected chi connectivity index (χ3v) is 5.73. The molecule has 0 bridgehead atoms. The number of piperidine rings is 1. The molecule has 1 aliphatic rings. The third kappa shape index (κ3) is 5.91. The molecule has 0 atom stereocenters. The molecule has 0 unspecified atom stereocenters. The van der Waals surface area contributed by atoms with Gasteiger partial charge in [-0.25, -0.2) is 0 Å². The molecule has 1 amide bonds. The first-order valence-corrected chi connectivity index (χ1v) is 10.6. The highest BCUT2D eigenvalue weighted by molar-refractivity contribution is 5.92. The van der Waals surface area contributed by atoms with Gasteiger partial charge in [0.2, 0.25) is 5.91 Å². The van der Waals surface area contributed by atoms with Crippen LogP contribution < -0.4 is 5.32 Å². The molecule has 1 N–H and O–H groups in total. The Morgan fingerprint density at radius 2 is 1.61 bits per heavy atom. The van der Waals surface area contributed by atoms with Crippen molar-refractivity contribution in [2.45, 2.75) is 39.8 Å². The highest BCUT2D eigenvalue weighted by Crippen LogP contribution is 2.21. The Morgan fingerprint density at radius 1 is 0.964 bits per heavy atom. The van der Waals surface area contributed by atoms with Crippen LogP contribution in [0.1, 0.15) is 37.8 Å². The molecule has 2 aromatic rings. The van der Waals surface area contributed by atoms with Gasteiger partial charge in [0.25, 0.3) is 0 Å². The van der Waals surface area contributed by atoms with Crippen LogP contribution in [0.4, 0.5) is 5.69 Å². The van der Waals surface area contributed by atoms with Crippen LogP contribution in [0.25, 0.3) is 0 Å². The van der Waals surface area contributed by atoms with Crippen molar-refractivity contribution < 1.29 is 4.79 Å². The molecular weight excluding hydrogens is 346 g/mol. The van der Waals surface area contributed by atoms with E-state index in [0.29, 0.717) is 0 Å². The number of hydrogen-bond donors (Lipinski definition) is 1. The molecule has 0 radical (unpaired) electrons. The van der Waals surface area contributed by atoms with Crippen LogP contribution in [-0.2, 0) is 17.9 Å². The first kappa shape index (κ1) is 20.6. The number of likely N-dealkylation sites (tertiary alicyclic amines) is 1. The molecular formula is C24H33N3O. The number of nitrogens with one attached hydrogen (secondary N) is 1. The minimum Gasteiger partial charge on any atom is -0.326 e. The summed E-state index contributed by atoms with van der Waals surface area (Å²) in [6, 6.07) is 18.9. The molecule has 0 aliphatic carbocycles. The van der Waals surface area contributed by atoms with Crippen molar-refractivity contribution in [1.29, 1.82) is 0 Å². The topological polar surface area (TPSA) is 35.6 Å². The Labute approximate surface area is 169 Å². The quantitative estimate of drug-likeness (QED) is 0.739. The van der Waals surface area contributed by atoms with E-state index in [4.69, 9.17) is 0 Å². The van der Waals surface area contributed by atoms with Gasteiger partial charge in [-0.2, -0.15) is 0 Å². The molecule has 4 nitrogen and oxygen atoms in total. The molecule has 4 heteroatoms. The normalized spacial score (nSPS) is 15.7. The second kappa shape index (κ2) is 10.4. The van der Waals surface area contributed by atoms with Gasteiger partial charge in [0, 0.05) is 24.7 Å². The van der Waals surface area contributed by atoms with E-state index >= 15 is 0 Å². The predicted molar refractivity (Wildman–Crippen MR) is 116 cm³/mol. The average Bonchev–Trinajstić information content (AvgIpc) is 2.74. The fraction of sp³-hybridized carbons (Fsp3) is 0.458. The maximum atomic E-state index is 12.6. The molecule has 1 heterocycles. The Balaban J connectivity index is 1.45. The zero-order chi connectivity index (χ0) is 19.8. The number of hydrogen-bond acceptors (Lipinski definition) is 3. The van der Waals surface area contributed by atoms with Crippen molar-refractivity contribution in [2.75, 3.05) is 31.5 Å². The van der Waals surface area contributed by atoms with E-state index in [1.807, 2.05) is 12.1 Å². The van der Waals surface area contributed by atoms with E-state index in [0.717, 1.165) is 57.8 Å². The predicted octanol–water partition coefficient (Wildman–Crippen LogP) is 4.38. The van der Waals surface area contributed by atoms with Crippen LogP contribution in [0.15, 0.2) is 54.6 Å². The lowest BCUT2D eigenvalue weighted by molar-refractivity contribution is -0.121. The van der Waals surface area contributed by atoms with Gasteiger partial charge in [0.1, 0.15) is 0 Å². The molecule has 2 aromatic carbocycles. The van der Waals surface area contributed by atoms with E-state index in [1.54, 1.807) is 0 Å². The van der Waals surface area contributed by atoms with Crippen LogP contribution in [0.2, 0.25) is 0 Å². The fourth-order valence-electron chi connectivity index (χ4n) is 3.84. The van der Waals surface area contributed by atoms with Crippen LogP contribution >= 0.6 is 0 Å². The molecule has 1 fully saturated rings. The maximum Gasteiger partial charge on any atom is 0.227 e. The van der Waals surface area contributed by atoms with E-state index in [1.165, 1.54) is 11.1 Å². The lowest BCUT2D eigenvalue weighted by Crippen LogP contribution is -2.37. The summed E-state index contributed by atoms with van der Waals surface area (Å²) in [5.41, 5.74) is 3.53. The van der Waals surface area contributed by atoms with Gasteiger partial charge in [0.05, 0.1) is 0 Å². The van der Waals surface area contributed by atoms with Crippen LogP contribution in [-0.4, -0.2) is 41.9 Å². The number of rotatable bonds is 8. The minimum atomic E-state index is 0.113. The van der Waals surface area contributed by atoms with Gasteiger partial charge in [-0.1, -0.05) is 56.3 Å². The zero-order valence-corrected chi connectivity index (χ0v) is 17.2. The smallest absolute Gasteiger partial charge is 0.227 e. The van der Waals surface area contributed by atoms with Crippen molar-refractivity contribution in [3.05, 3.63) is 65.7 Å². The zero-order valence-electron chi connectivity index (χ0n) is 17.2. The van der Waals surface area contributed by atoms with Crippen molar-refractivity contribution >= 4 is 11.6 Å². The Hall–Kier alpha value is -2.17. The van der Waals surface area contributed by atoms with E-state index in [9.17, 15) is 4.79 Å². The van der Waals surface area contributed by atoms with Crippen molar-refractivity contribution in [1.82, 2.24) is 9.80 Å². The summed E-state index contributed by atoms with van der Waals surface area (Å²) in [6.45, 7) is 10.4. The molecule has 0 aromatic heterocycles.